The first-order valence-electron chi connectivity index (χ1n) is 8.36. The lowest BCUT2D eigenvalue weighted by Gasteiger charge is -2.19. The Hall–Kier alpha value is -2.07. The van der Waals surface area contributed by atoms with Crippen LogP contribution >= 0.6 is 0 Å². The van der Waals surface area contributed by atoms with Crippen LogP contribution in [0.15, 0.2) is 53.4 Å². The maximum atomic E-state index is 12.8. The summed E-state index contributed by atoms with van der Waals surface area (Å²) >= 11 is 0. The van der Waals surface area contributed by atoms with Gasteiger partial charge in [-0.15, -0.1) is 0 Å². The highest BCUT2D eigenvalue weighted by atomic mass is 32.2. The summed E-state index contributed by atoms with van der Waals surface area (Å²) in [6, 6.07) is 12.9. The van der Waals surface area contributed by atoms with E-state index >= 15 is 0 Å². The molecule has 3 rings (SSSR count). The minimum Gasteiger partial charge on any atom is -0.279 e. The van der Waals surface area contributed by atoms with Crippen molar-refractivity contribution < 1.29 is 8.42 Å². The molecule has 1 aliphatic rings. The van der Waals surface area contributed by atoms with Crippen molar-refractivity contribution in [1.82, 2.24) is 0 Å². The first-order chi connectivity index (χ1) is 11.5. The number of anilines is 1. The normalized spacial score (nSPS) is 15.0. The Balaban J connectivity index is 2.00. The van der Waals surface area contributed by atoms with E-state index in [1.165, 1.54) is 12.0 Å². The third-order valence-corrected chi connectivity index (χ3v) is 5.84. The van der Waals surface area contributed by atoms with E-state index in [4.69, 9.17) is 0 Å². The molecule has 2 aromatic rings. The Morgan fingerprint density at radius 1 is 0.958 bits per heavy atom. The molecule has 2 aromatic carbocycles. The zero-order valence-electron chi connectivity index (χ0n) is 14.2. The molecule has 0 aliphatic heterocycles. The Labute approximate surface area is 144 Å². The number of rotatable bonds is 4. The van der Waals surface area contributed by atoms with Gasteiger partial charge in [0, 0.05) is 5.56 Å². The number of benzene rings is 2. The summed E-state index contributed by atoms with van der Waals surface area (Å²) < 4.78 is 28.4. The van der Waals surface area contributed by atoms with Crippen molar-refractivity contribution in [2.24, 2.45) is 0 Å². The third-order valence-electron chi connectivity index (χ3n) is 4.48. The van der Waals surface area contributed by atoms with Crippen molar-refractivity contribution in [1.29, 1.82) is 0 Å². The van der Waals surface area contributed by atoms with Crippen LogP contribution in [0, 0.1) is 13.8 Å². The molecule has 0 heterocycles. The van der Waals surface area contributed by atoms with E-state index in [1.807, 2.05) is 44.2 Å². The number of aryl methyl sites for hydroxylation is 2. The van der Waals surface area contributed by atoms with Gasteiger partial charge in [0.25, 0.3) is 10.0 Å². The minimum atomic E-state index is -3.59. The number of para-hydroxylation sites is 1. The molecular weight excluding hydrogens is 318 g/mol. The van der Waals surface area contributed by atoms with Gasteiger partial charge in [-0.25, -0.2) is 8.42 Å². The molecule has 1 aliphatic carbocycles. The van der Waals surface area contributed by atoms with E-state index < -0.39 is 10.0 Å². The van der Waals surface area contributed by atoms with Gasteiger partial charge in [-0.3, -0.25) is 4.72 Å². The molecule has 4 heteroatoms. The van der Waals surface area contributed by atoms with Crippen LogP contribution in [0.25, 0.3) is 5.57 Å². The third kappa shape index (κ3) is 3.54. The van der Waals surface area contributed by atoms with Gasteiger partial charge in [0.1, 0.15) is 0 Å². The second kappa shape index (κ2) is 6.81. The van der Waals surface area contributed by atoms with E-state index in [0.717, 1.165) is 36.0 Å². The van der Waals surface area contributed by atoms with Gasteiger partial charge in [-0.05, 0) is 62.8 Å². The predicted molar refractivity (Wildman–Crippen MR) is 99.6 cm³/mol. The minimum absolute atomic E-state index is 0.292. The number of sulfonamides is 1. The lowest BCUT2D eigenvalue weighted by atomic mass is 9.92. The summed E-state index contributed by atoms with van der Waals surface area (Å²) in [6.07, 6.45) is 6.67. The van der Waals surface area contributed by atoms with Gasteiger partial charge in [0.15, 0.2) is 0 Å². The molecular formula is C20H23NO2S. The number of allylic oxidation sites excluding steroid dienone is 2. The van der Waals surface area contributed by atoms with Crippen LogP contribution in [0.2, 0.25) is 0 Å². The van der Waals surface area contributed by atoms with Gasteiger partial charge in [-0.1, -0.05) is 42.0 Å². The monoisotopic (exact) mass is 341 g/mol. The molecule has 126 valence electrons. The molecule has 1 N–H and O–H groups in total. The van der Waals surface area contributed by atoms with Gasteiger partial charge < -0.3 is 0 Å². The van der Waals surface area contributed by atoms with Crippen molar-refractivity contribution in [3.05, 3.63) is 65.2 Å². The molecule has 0 aromatic heterocycles. The van der Waals surface area contributed by atoms with Gasteiger partial charge in [0.05, 0.1) is 10.6 Å². The second-order valence-corrected chi connectivity index (χ2v) is 8.07. The Kier molecular flexibility index (Phi) is 4.76. The molecule has 3 nitrogen and oxygen atoms in total. The van der Waals surface area contributed by atoms with Crippen molar-refractivity contribution in [2.75, 3.05) is 4.72 Å². The molecule has 0 saturated carbocycles. The standard InChI is InChI=1S/C20H23NO2S/c1-15-11-13-18(14-12-15)24(22,23)21-20-16(2)7-6-10-19(20)17-8-4-3-5-9-17/h6-8,10-14,21H,3-5,9H2,1-2H3. The quantitative estimate of drug-likeness (QED) is 0.844. The van der Waals surface area contributed by atoms with Gasteiger partial charge in [0.2, 0.25) is 0 Å². The van der Waals surface area contributed by atoms with Crippen molar-refractivity contribution in [2.45, 2.75) is 44.4 Å². The smallest absolute Gasteiger partial charge is 0.261 e. The van der Waals surface area contributed by atoms with Crippen LogP contribution in [0.1, 0.15) is 42.4 Å². The maximum Gasteiger partial charge on any atom is 0.261 e. The molecule has 0 radical (unpaired) electrons. The van der Waals surface area contributed by atoms with Crippen molar-refractivity contribution in [3.8, 4) is 0 Å². The van der Waals surface area contributed by atoms with Gasteiger partial charge in [-0.2, -0.15) is 0 Å². The lowest BCUT2D eigenvalue weighted by molar-refractivity contribution is 0.601. The summed E-state index contributed by atoms with van der Waals surface area (Å²) in [6.45, 7) is 3.89. The zero-order valence-corrected chi connectivity index (χ0v) is 15.0. The summed E-state index contributed by atoms with van der Waals surface area (Å²) in [5, 5.41) is 0. The highest BCUT2D eigenvalue weighted by Gasteiger charge is 2.19. The van der Waals surface area contributed by atoms with E-state index in [2.05, 4.69) is 10.8 Å². The van der Waals surface area contributed by atoms with Crippen LogP contribution in [0.4, 0.5) is 5.69 Å². The van der Waals surface area contributed by atoms with Crippen LogP contribution in [0.5, 0.6) is 0 Å². The molecule has 24 heavy (non-hydrogen) atoms. The highest BCUT2D eigenvalue weighted by Crippen LogP contribution is 2.34. The molecule has 0 spiro atoms. The Morgan fingerprint density at radius 2 is 1.71 bits per heavy atom. The van der Waals surface area contributed by atoms with Crippen LogP contribution in [-0.2, 0) is 10.0 Å². The Morgan fingerprint density at radius 3 is 2.38 bits per heavy atom. The van der Waals surface area contributed by atoms with E-state index in [0.29, 0.717) is 10.6 Å². The first kappa shape index (κ1) is 16.8. The molecule has 0 unspecified atom stereocenters. The average Bonchev–Trinajstić information content (AvgIpc) is 2.58. The van der Waals surface area contributed by atoms with Crippen LogP contribution in [-0.4, -0.2) is 8.42 Å². The summed E-state index contributed by atoms with van der Waals surface area (Å²) in [5.41, 5.74) is 4.93. The van der Waals surface area contributed by atoms with E-state index in [-0.39, 0.29) is 0 Å². The number of hydrogen-bond donors (Lipinski definition) is 1. The number of hydrogen-bond acceptors (Lipinski definition) is 2. The van der Waals surface area contributed by atoms with E-state index in [1.54, 1.807) is 12.1 Å². The Bertz CT molecular complexity index is 865. The fraction of sp³-hybridized carbons (Fsp3) is 0.300. The molecule has 0 saturated heterocycles. The summed E-state index contributed by atoms with van der Waals surface area (Å²) in [5.74, 6) is 0. The number of nitrogens with one attached hydrogen (secondary N) is 1. The van der Waals surface area contributed by atoms with Crippen LogP contribution < -0.4 is 4.72 Å². The average molecular weight is 341 g/mol. The molecule has 0 fully saturated rings. The lowest BCUT2D eigenvalue weighted by Crippen LogP contribution is -2.15. The van der Waals surface area contributed by atoms with E-state index in [9.17, 15) is 8.42 Å². The second-order valence-electron chi connectivity index (χ2n) is 6.39. The topological polar surface area (TPSA) is 46.2 Å². The fourth-order valence-corrected chi connectivity index (χ4v) is 4.22. The molecule has 0 amide bonds. The predicted octanol–water partition coefficient (Wildman–Crippen LogP) is 5.06. The highest BCUT2D eigenvalue weighted by molar-refractivity contribution is 7.92. The summed E-state index contributed by atoms with van der Waals surface area (Å²) in [4.78, 5) is 0.292. The summed E-state index contributed by atoms with van der Waals surface area (Å²) in [7, 11) is -3.59. The molecule has 0 atom stereocenters. The SMILES string of the molecule is Cc1ccc(S(=O)(=O)Nc2c(C)cccc2C2=CCCCC2)cc1. The maximum absolute atomic E-state index is 12.8. The molecule has 0 bridgehead atoms. The zero-order chi connectivity index (χ0) is 17.2. The fourth-order valence-electron chi connectivity index (χ4n) is 3.06. The largest absolute Gasteiger partial charge is 0.279 e. The first-order valence-corrected chi connectivity index (χ1v) is 9.84. The van der Waals surface area contributed by atoms with Crippen molar-refractivity contribution >= 4 is 21.3 Å². The van der Waals surface area contributed by atoms with Crippen LogP contribution in [0.3, 0.4) is 0 Å². The van der Waals surface area contributed by atoms with Crippen molar-refractivity contribution in [3.63, 3.8) is 0 Å². The van der Waals surface area contributed by atoms with Gasteiger partial charge >= 0.3 is 0 Å².